The van der Waals surface area contributed by atoms with Crippen molar-refractivity contribution in [3.63, 3.8) is 0 Å². The fraction of sp³-hybridized carbons (Fsp3) is 0.571. The zero-order chi connectivity index (χ0) is 13.9. The van der Waals surface area contributed by atoms with Gasteiger partial charge in [-0.05, 0) is 36.6 Å². The fourth-order valence-electron chi connectivity index (χ4n) is 2.30. The van der Waals surface area contributed by atoms with Gasteiger partial charge in [-0.3, -0.25) is 10.1 Å². The third-order valence-corrected chi connectivity index (χ3v) is 4.58. The number of rotatable bonds is 6. The lowest BCUT2D eigenvalue weighted by atomic mass is 9.71. The van der Waals surface area contributed by atoms with Crippen LogP contribution < -0.4 is 4.74 Å². The van der Waals surface area contributed by atoms with E-state index >= 15 is 0 Å². The van der Waals surface area contributed by atoms with Crippen molar-refractivity contribution in [3.05, 3.63) is 33.9 Å². The zero-order valence-electron chi connectivity index (χ0n) is 11.1. The largest absolute Gasteiger partial charge is 0.486 e. The van der Waals surface area contributed by atoms with Gasteiger partial charge in [0.15, 0.2) is 5.75 Å². The van der Waals surface area contributed by atoms with Gasteiger partial charge < -0.3 is 4.74 Å². The molecule has 1 aliphatic rings. The van der Waals surface area contributed by atoms with Gasteiger partial charge in [0, 0.05) is 11.5 Å². The molecule has 0 radical (unpaired) electrons. The first-order valence-electron chi connectivity index (χ1n) is 6.61. The number of thiol groups is 1. The minimum absolute atomic E-state index is 0.0630. The number of hydrogen-bond acceptors (Lipinski definition) is 4. The first-order chi connectivity index (χ1) is 9.10. The minimum Gasteiger partial charge on any atom is -0.486 e. The number of hydrogen-bond donors (Lipinski definition) is 1. The summed E-state index contributed by atoms with van der Waals surface area (Å²) in [4.78, 5) is 10.7. The van der Waals surface area contributed by atoms with E-state index in [2.05, 4.69) is 12.6 Å². The normalized spacial score (nSPS) is 16.7. The molecule has 19 heavy (non-hydrogen) atoms. The van der Waals surface area contributed by atoms with Crippen molar-refractivity contribution in [2.75, 3.05) is 12.4 Å². The van der Waals surface area contributed by atoms with Gasteiger partial charge in [0.2, 0.25) is 0 Å². The highest BCUT2D eigenvalue weighted by molar-refractivity contribution is 7.80. The van der Waals surface area contributed by atoms with E-state index in [0.29, 0.717) is 12.4 Å². The van der Waals surface area contributed by atoms with Gasteiger partial charge in [-0.2, -0.15) is 12.6 Å². The van der Waals surface area contributed by atoms with Crippen molar-refractivity contribution in [2.24, 2.45) is 5.41 Å². The zero-order valence-corrected chi connectivity index (χ0v) is 12.0. The molecular weight excluding hydrogens is 262 g/mol. The molecule has 0 aliphatic heterocycles. The maximum absolute atomic E-state index is 11.1. The summed E-state index contributed by atoms with van der Waals surface area (Å²) in [6.07, 6.45) is 4.16. The lowest BCUT2D eigenvalue weighted by Crippen LogP contribution is -2.37. The van der Waals surface area contributed by atoms with Gasteiger partial charge >= 0.3 is 5.69 Å². The summed E-state index contributed by atoms with van der Waals surface area (Å²) in [7, 11) is 0. The van der Waals surface area contributed by atoms with E-state index in [-0.39, 0.29) is 16.0 Å². The van der Waals surface area contributed by atoms with Crippen LogP contribution in [0.1, 0.15) is 31.7 Å². The van der Waals surface area contributed by atoms with Crippen LogP contribution in [0.15, 0.2) is 18.2 Å². The second-order valence-electron chi connectivity index (χ2n) is 5.21. The van der Waals surface area contributed by atoms with Crippen molar-refractivity contribution in [2.45, 2.75) is 32.6 Å². The van der Waals surface area contributed by atoms with Gasteiger partial charge in [-0.15, -0.1) is 0 Å². The molecule has 0 amide bonds. The quantitative estimate of drug-likeness (QED) is 0.492. The Morgan fingerprint density at radius 3 is 2.68 bits per heavy atom. The molecular formula is C14H19NO3S. The summed E-state index contributed by atoms with van der Waals surface area (Å²) in [6.45, 7) is 2.49. The average molecular weight is 281 g/mol. The predicted octanol–water partition coefficient (Wildman–Crippen LogP) is 3.64. The second-order valence-corrected chi connectivity index (χ2v) is 5.53. The number of nitrogens with zero attached hydrogens (tertiary/aromatic N) is 1. The third kappa shape index (κ3) is 3.03. The van der Waals surface area contributed by atoms with Crippen LogP contribution in [0.3, 0.4) is 0 Å². The highest BCUT2D eigenvalue weighted by Gasteiger charge is 2.37. The Bertz CT molecular complexity index is 466. The number of benzene rings is 1. The molecule has 104 valence electrons. The Balaban J connectivity index is 2.13. The molecule has 0 unspecified atom stereocenters. The monoisotopic (exact) mass is 281 g/mol. The van der Waals surface area contributed by atoms with Crippen LogP contribution >= 0.6 is 12.6 Å². The topological polar surface area (TPSA) is 52.4 Å². The van der Waals surface area contributed by atoms with Crippen molar-refractivity contribution in [3.8, 4) is 5.75 Å². The van der Waals surface area contributed by atoms with Gasteiger partial charge in [0.05, 0.1) is 11.5 Å². The Labute approximate surface area is 118 Å². The fourth-order valence-corrected chi connectivity index (χ4v) is 2.71. The van der Waals surface area contributed by atoms with Crippen LogP contribution in [-0.2, 0) is 6.42 Å². The summed E-state index contributed by atoms with van der Waals surface area (Å²) in [6, 6.07) is 5.20. The molecule has 0 heterocycles. The molecule has 0 aromatic heterocycles. The van der Waals surface area contributed by atoms with Crippen molar-refractivity contribution in [1.29, 1.82) is 0 Å². The van der Waals surface area contributed by atoms with Crippen molar-refractivity contribution >= 4 is 18.3 Å². The number of nitro groups is 1. The van der Waals surface area contributed by atoms with E-state index in [9.17, 15) is 10.1 Å². The highest BCUT2D eigenvalue weighted by atomic mass is 32.1. The first kappa shape index (κ1) is 14.2. The Morgan fingerprint density at radius 2 is 2.21 bits per heavy atom. The Hall–Kier alpha value is -1.23. The summed E-state index contributed by atoms with van der Waals surface area (Å²) in [5.74, 6) is 1.14. The van der Waals surface area contributed by atoms with E-state index in [0.717, 1.165) is 30.6 Å². The van der Waals surface area contributed by atoms with Gasteiger partial charge in [0.25, 0.3) is 0 Å². The van der Waals surface area contributed by atoms with Crippen molar-refractivity contribution < 1.29 is 9.66 Å². The minimum atomic E-state index is -0.372. The van der Waals surface area contributed by atoms with Crippen LogP contribution in [0, 0.1) is 15.5 Å². The summed E-state index contributed by atoms with van der Waals surface area (Å²) in [5, 5.41) is 11.1. The van der Waals surface area contributed by atoms with E-state index in [4.69, 9.17) is 4.74 Å². The molecule has 1 aromatic carbocycles. The lowest BCUT2D eigenvalue weighted by Gasteiger charge is -2.40. The SMILES string of the molecule is CCc1ccc(OCC2(CS)CCC2)c([N+](=O)[O-])c1. The first-order valence-corrected chi connectivity index (χ1v) is 7.24. The summed E-state index contributed by atoms with van der Waals surface area (Å²) in [5.41, 5.74) is 1.13. The molecule has 5 heteroatoms. The van der Waals surface area contributed by atoms with E-state index < -0.39 is 0 Å². The van der Waals surface area contributed by atoms with E-state index in [1.807, 2.05) is 13.0 Å². The number of nitro benzene ring substituents is 1. The maximum Gasteiger partial charge on any atom is 0.311 e. The van der Waals surface area contributed by atoms with Crippen LogP contribution in [0.5, 0.6) is 5.75 Å². The van der Waals surface area contributed by atoms with Crippen LogP contribution in [-0.4, -0.2) is 17.3 Å². The van der Waals surface area contributed by atoms with E-state index in [1.165, 1.54) is 6.42 Å². The predicted molar refractivity (Wildman–Crippen MR) is 78.1 cm³/mol. The molecule has 1 aliphatic carbocycles. The Morgan fingerprint density at radius 1 is 1.47 bits per heavy atom. The Kier molecular flexibility index (Phi) is 4.34. The molecule has 0 N–H and O–H groups in total. The van der Waals surface area contributed by atoms with E-state index in [1.54, 1.807) is 12.1 Å². The van der Waals surface area contributed by atoms with Gasteiger partial charge in [-0.1, -0.05) is 19.4 Å². The van der Waals surface area contributed by atoms with Crippen LogP contribution in [0.2, 0.25) is 0 Å². The molecule has 2 rings (SSSR count). The molecule has 0 atom stereocenters. The third-order valence-electron chi connectivity index (χ3n) is 3.91. The van der Waals surface area contributed by atoms with Gasteiger partial charge in [-0.25, -0.2) is 0 Å². The highest BCUT2D eigenvalue weighted by Crippen LogP contribution is 2.42. The van der Waals surface area contributed by atoms with Crippen LogP contribution in [0.25, 0.3) is 0 Å². The number of aryl methyl sites for hydroxylation is 1. The number of ether oxygens (including phenoxy) is 1. The lowest BCUT2D eigenvalue weighted by molar-refractivity contribution is -0.386. The molecule has 1 saturated carbocycles. The molecule has 1 fully saturated rings. The van der Waals surface area contributed by atoms with Gasteiger partial charge in [0.1, 0.15) is 0 Å². The molecule has 4 nitrogen and oxygen atoms in total. The summed E-state index contributed by atoms with van der Waals surface area (Å²) >= 11 is 4.36. The average Bonchev–Trinajstić information content (AvgIpc) is 2.38. The second kappa shape index (κ2) is 5.82. The van der Waals surface area contributed by atoms with Crippen LogP contribution in [0.4, 0.5) is 5.69 Å². The maximum atomic E-state index is 11.1. The molecule has 0 bridgehead atoms. The standard InChI is InChI=1S/C14H19NO3S/c1-2-11-4-5-13(12(8-11)15(16)17)18-9-14(10-19)6-3-7-14/h4-5,8,19H,2-3,6-7,9-10H2,1H3. The molecule has 0 spiro atoms. The van der Waals surface area contributed by atoms with Crippen molar-refractivity contribution in [1.82, 2.24) is 0 Å². The smallest absolute Gasteiger partial charge is 0.311 e. The molecule has 0 saturated heterocycles. The molecule has 1 aromatic rings. The summed E-state index contributed by atoms with van der Waals surface area (Å²) < 4.78 is 5.71.